The van der Waals surface area contributed by atoms with Crippen molar-refractivity contribution >= 4 is 72.5 Å². The van der Waals surface area contributed by atoms with E-state index in [2.05, 4.69) is 41.6 Å². The molecule has 0 atom stereocenters. The molecule has 0 aliphatic rings. The predicted molar refractivity (Wildman–Crippen MR) is 110 cm³/mol. The van der Waals surface area contributed by atoms with E-state index in [1.165, 1.54) is 28.0 Å². The summed E-state index contributed by atoms with van der Waals surface area (Å²) in [4.78, 5) is 23.8. The van der Waals surface area contributed by atoms with Crippen LogP contribution in [0.4, 0.5) is 0 Å². The fourth-order valence-electron chi connectivity index (χ4n) is 2.46. The molecule has 0 amide bonds. The second kappa shape index (κ2) is 6.35. The van der Waals surface area contributed by atoms with Crippen LogP contribution in [0.15, 0.2) is 28.7 Å². The number of carbonyl (C=O) groups is 2. The maximum atomic E-state index is 11.6. The fourth-order valence-corrected chi connectivity index (χ4v) is 7.38. The summed E-state index contributed by atoms with van der Waals surface area (Å²) in [5.41, 5.74) is 0.590. The molecular formula is C17H15BrO4S2Si. The lowest BCUT2D eigenvalue weighted by atomic mass is 10.0. The molecule has 1 aromatic carbocycles. The molecule has 0 saturated heterocycles. The van der Waals surface area contributed by atoms with Crippen molar-refractivity contribution in [2.45, 2.75) is 19.6 Å². The van der Waals surface area contributed by atoms with E-state index in [0.29, 0.717) is 5.56 Å². The van der Waals surface area contributed by atoms with Crippen molar-refractivity contribution in [3.05, 3.63) is 39.9 Å². The van der Waals surface area contributed by atoms with E-state index in [0.717, 1.165) is 14.3 Å². The standard InChI is InChI=1S/C17H15BrO4S2Si/c1-25(2,3)15-7-14-13(24-15)6-12(23-14)8-4-10(17(21)22)11(18)5-9(8)16(19)20/h4-7H,1-3H3,(H,19,20)(H,21,22). The van der Waals surface area contributed by atoms with Crippen LogP contribution in [0.5, 0.6) is 0 Å². The average molecular weight is 455 g/mol. The summed E-state index contributed by atoms with van der Waals surface area (Å²) >= 11 is 6.40. The molecule has 0 radical (unpaired) electrons. The van der Waals surface area contributed by atoms with Crippen LogP contribution in [0.25, 0.3) is 19.8 Å². The first-order chi connectivity index (χ1) is 11.6. The van der Waals surface area contributed by atoms with Gasteiger partial charge in [-0.2, -0.15) is 0 Å². The molecule has 0 aliphatic carbocycles. The molecule has 130 valence electrons. The average Bonchev–Trinajstić information content (AvgIpc) is 3.04. The van der Waals surface area contributed by atoms with E-state index in [4.69, 9.17) is 0 Å². The topological polar surface area (TPSA) is 74.6 Å². The molecule has 0 unspecified atom stereocenters. The third-order valence-corrected chi connectivity index (χ3v) is 10.3. The lowest BCUT2D eigenvalue weighted by Gasteiger charge is -2.12. The number of benzene rings is 1. The molecule has 0 saturated carbocycles. The number of carboxylic acid groups (broad SMARTS) is 2. The summed E-state index contributed by atoms with van der Waals surface area (Å²) in [6.45, 7) is 6.87. The van der Waals surface area contributed by atoms with E-state index in [9.17, 15) is 19.8 Å². The van der Waals surface area contributed by atoms with Crippen LogP contribution in [0.3, 0.4) is 0 Å². The summed E-state index contributed by atoms with van der Waals surface area (Å²) in [6, 6.07) is 6.96. The Hall–Kier alpha value is -1.48. The van der Waals surface area contributed by atoms with Gasteiger partial charge >= 0.3 is 11.9 Å². The minimum absolute atomic E-state index is 0.0551. The van der Waals surface area contributed by atoms with Crippen LogP contribution >= 0.6 is 38.6 Å². The molecule has 25 heavy (non-hydrogen) atoms. The number of aromatic carboxylic acids is 2. The van der Waals surface area contributed by atoms with Gasteiger partial charge in [0.25, 0.3) is 0 Å². The van der Waals surface area contributed by atoms with E-state index < -0.39 is 20.0 Å². The Morgan fingerprint density at radius 1 is 0.920 bits per heavy atom. The molecule has 2 heterocycles. The van der Waals surface area contributed by atoms with Gasteiger partial charge in [0.2, 0.25) is 0 Å². The molecule has 3 aromatic rings. The van der Waals surface area contributed by atoms with Crippen molar-refractivity contribution in [3.63, 3.8) is 0 Å². The van der Waals surface area contributed by atoms with Crippen molar-refractivity contribution in [1.29, 1.82) is 0 Å². The third-order valence-electron chi connectivity index (χ3n) is 3.78. The van der Waals surface area contributed by atoms with E-state index in [1.54, 1.807) is 11.3 Å². The Balaban J connectivity index is 2.19. The van der Waals surface area contributed by atoms with Crippen LogP contribution in [-0.2, 0) is 0 Å². The smallest absolute Gasteiger partial charge is 0.336 e. The summed E-state index contributed by atoms with van der Waals surface area (Å²) in [5.74, 6) is -2.17. The maximum absolute atomic E-state index is 11.6. The Morgan fingerprint density at radius 2 is 1.52 bits per heavy atom. The van der Waals surface area contributed by atoms with Gasteiger partial charge in [0.15, 0.2) is 0 Å². The van der Waals surface area contributed by atoms with E-state index in [-0.39, 0.29) is 15.6 Å². The van der Waals surface area contributed by atoms with Gasteiger partial charge < -0.3 is 10.2 Å². The predicted octanol–water partition coefficient (Wildman–Crippen LogP) is 5.33. The Kier molecular flexibility index (Phi) is 4.65. The quantitative estimate of drug-likeness (QED) is 0.522. The molecule has 0 aliphatic heterocycles. The van der Waals surface area contributed by atoms with Gasteiger partial charge in [-0.1, -0.05) is 19.6 Å². The maximum Gasteiger partial charge on any atom is 0.336 e. The number of fused-ring (bicyclic) bond motifs is 1. The number of hydrogen-bond acceptors (Lipinski definition) is 4. The van der Waals surface area contributed by atoms with Gasteiger partial charge in [-0.15, -0.1) is 22.7 Å². The minimum Gasteiger partial charge on any atom is -0.478 e. The fraction of sp³-hybridized carbons (Fsp3) is 0.176. The first-order valence-corrected chi connectivity index (χ1v) is 13.3. The highest BCUT2D eigenvalue weighted by atomic mass is 79.9. The summed E-state index contributed by atoms with van der Waals surface area (Å²) in [5, 5.41) is 18.8. The van der Waals surface area contributed by atoms with Crippen molar-refractivity contribution in [3.8, 4) is 10.4 Å². The summed E-state index contributed by atoms with van der Waals surface area (Å²) < 4.78 is 3.91. The molecule has 0 spiro atoms. The monoisotopic (exact) mass is 454 g/mol. The van der Waals surface area contributed by atoms with Crippen molar-refractivity contribution in [2.24, 2.45) is 0 Å². The van der Waals surface area contributed by atoms with Crippen LogP contribution in [0, 0.1) is 0 Å². The molecule has 2 N–H and O–H groups in total. The van der Waals surface area contributed by atoms with Crippen LogP contribution in [0.1, 0.15) is 20.7 Å². The van der Waals surface area contributed by atoms with Gasteiger partial charge in [0, 0.05) is 24.3 Å². The Labute approximate surface area is 161 Å². The lowest BCUT2D eigenvalue weighted by molar-refractivity contribution is 0.0681. The molecule has 0 bridgehead atoms. The summed E-state index contributed by atoms with van der Waals surface area (Å²) in [6.07, 6.45) is 0. The minimum atomic E-state index is -1.39. The zero-order valence-electron chi connectivity index (χ0n) is 13.7. The Bertz CT molecular complexity index is 982. The molecular weight excluding hydrogens is 440 g/mol. The van der Waals surface area contributed by atoms with Gasteiger partial charge in [-0.25, -0.2) is 9.59 Å². The highest BCUT2D eigenvalue weighted by Crippen LogP contribution is 2.39. The number of thiophene rings is 2. The van der Waals surface area contributed by atoms with Gasteiger partial charge in [0.05, 0.1) is 19.2 Å². The highest BCUT2D eigenvalue weighted by molar-refractivity contribution is 9.10. The molecule has 0 fully saturated rings. The van der Waals surface area contributed by atoms with Gasteiger partial charge in [0.1, 0.15) is 0 Å². The van der Waals surface area contributed by atoms with Crippen LogP contribution < -0.4 is 4.50 Å². The van der Waals surface area contributed by atoms with Gasteiger partial charge in [-0.3, -0.25) is 0 Å². The van der Waals surface area contributed by atoms with Crippen LogP contribution in [-0.4, -0.2) is 30.2 Å². The summed E-state index contributed by atoms with van der Waals surface area (Å²) in [7, 11) is -1.39. The number of rotatable bonds is 4. The van der Waals surface area contributed by atoms with Crippen molar-refractivity contribution in [1.82, 2.24) is 0 Å². The molecule has 3 rings (SSSR count). The number of carboxylic acids is 2. The largest absolute Gasteiger partial charge is 0.478 e. The van der Waals surface area contributed by atoms with Gasteiger partial charge in [-0.05, 0) is 44.7 Å². The third kappa shape index (κ3) is 3.44. The molecule has 4 nitrogen and oxygen atoms in total. The van der Waals surface area contributed by atoms with Crippen LogP contribution in [0.2, 0.25) is 19.6 Å². The highest BCUT2D eigenvalue weighted by Gasteiger charge is 2.23. The number of hydrogen-bond donors (Lipinski definition) is 2. The van der Waals surface area contributed by atoms with E-state index in [1.807, 2.05) is 6.07 Å². The first kappa shape index (κ1) is 18.3. The molecule has 2 aromatic heterocycles. The second-order valence-corrected chi connectivity index (χ2v) is 15.1. The van der Waals surface area contributed by atoms with E-state index >= 15 is 0 Å². The second-order valence-electron chi connectivity index (χ2n) is 6.69. The molecule has 8 heteroatoms. The lowest BCUT2D eigenvalue weighted by Crippen LogP contribution is -2.34. The Morgan fingerprint density at radius 3 is 2.04 bits per heavy atom. The SMILES string of the molecule is C[Si](C)(C)c1cc2sc(-c3cc(C(=O)O)c(Br)cc3C(=O)O)cc2s1. The van der Waals surface area contributed by atoms with Crippen molar-refractivity contribution in [2.75, 3.05) is 0 Å². The zero-order valence-corrected chi connectivity index (χ0v) is 17.9. The first-order valence-electron chi connectivity index (χ1n) is 7.42. The number of halogens is 1. The zero-order chi connectivity index (χ0) is 18.5. The van der Waals surface area contributed by atoms with Crippen molar-refractivity contribution < 1.29 is 19.8 Å². The normalized spacial score (nSPS) is 11.8.